The van der Waals surface area contributed by atoms with Gasteiger partial charge in [-0.05, 0) is 57.5 Å². The highest BCUT2D eigenvalue weighted by Gasteiger charge is 2.34. The second-order valence-electron chi connectivity index (χ2n) is 11.3. The van der Waals surface area contributed by atoms with Crippen LogP contribution in [0.5, 0.6) is 5.75 Å². The monoisotopic (exact) mass is 677 g/mol. The molecule has 0 radical (unpaired) electrons. The van der Waals surface area contributed by atoms with Gasteiger partial charge in [-0.25, -0.2) is 18.0 Å². The number of alkyl halides is 3. The third kappa shape index (κ3) is 10.8. The zero-order chi connectivity index (χ0) is 33.7. The SMILES string of the molecule is CCS(=O)(=O)c1ccc(Cl)cc1COC(=O)c1cc(OC(F)(F)F)c(CN2CC[C@@H](NC(=O)OC(C)(C)C)C2)cc1NC(C)=O. The molecule has 0 aromatic heterocycles. The Hall–Kier alpha value is -3.56. The zero-order valence-corrected chi connectivity index (χ0v) is 26.9. The lowest BCUT2D eigenvalue weighted by Crippen LogP contribution is -2.40. The van der Waals surface area contributed by atoms with Gasteiger partial charge in [0, 0.05) is 48.7 Å². The lowest BCUT2D eigenvalue weighted by atomic mass is 10.1. The number of nitrogens with one attached hydrogen (secondary N) is 2. The lowest BCUT2D eigenvalue weighted by molar-refractivity contribution is -0.275. The Bertz CT molecular complexity index is 1540. The van der Waals surface area contributed by atoms with Crippen molar-refractivity contribution in [2.75, 3.05) is 24.2 Å². The van der Waals surface area contributed by atoms with Crippen molar-refractivity contribution in [1.29, 1.82) is 0 Å². The number of sulfone groups is 1. The maximum atomic E-state index is 13.5. The molecule has 2 N–H and O–H groups in total. The van der Waals surface area contributed by atoms with Crippen molar-refractivity contribution in [3.05, 3.63) is 52.0 Å². The lowest BCUT2D eigenvalue weighted by Gasteiger charge is -2.23. The molecule has 1 fully saturated rings. The molecular formula is C29H35ClF3N3O8S. The Morgan fingerprint density at radius 2 is 1.78 bits per heavy atom. The number of ether oxygens (including phenoxy) is 3. The molecule has 0 unspecified atom stereocenters. The van der Waals surface area contributed by atoms with Crippen LogP contribution in [-0.4, -0.2) is 68.1 Å². The first-order valence-corrected chi connectivity index (χ1v) is 15.9. The first-order chi connectivity index (χ1) is 20.8. The molecule has 248 valence electrons. The standard InChI is InChI=1S/C29H35ClF3N3O8S/c1-6-45(40,41)25-8-7-20(30)11-19(25)16-42-26(38)22-13-24(43-29(31,32)33)18(12-23(22)34-17(2)37)14-36-10-9-21(15-36)35-27(39)44-28(3,4)5/h7-8,11-13,21H,6,9-10,14-16H2,1-5H3,(H,34,37)(H,35,39)/t21-/m1/s1. The number of carbonyl (C=O) groups is 3. The van der Waals surface area contributed by atoms with Gasteiger partial charge < -0.3 is 24.8 Å². The number of alkyl carbamates (subject to hydrolysis) is 1. The van der Waals surface area contributed by atoms with Crippen molar-refractivity contribution in [2.24, 2.45) is 0 Å². The Balaban J connectivity index is 1.90. The third-order valence-electron chi connectivity index (χ3n) is 6.44. The molecular weight excluding hydrogens is 643 g/mol. The molecule has 0 aliphatic carbocycles. The number of carbonyl (C=O) groups excluding carboxylic acids is 3. The number of hydrogen-bond donors (Lipinski definition) is 2. The molecule has 45 heavy (non-hydrogen) atoms. The topological polar surface area (TPSA) is 140 Å². The number of esters is 1. The summed E-state index contributed by atoms with van der Waals surface area (Å²) >= 11 is 6.02. The van der Waals surface area contributed by atoms with Crippen molar-refractivity contribution in [3.63, 3.8) is 0 Å². The molecule has 1 saturated heterocycles. The molecule has 1 aliphatic rings. The van der Waals surface area contributed by atoms with Gasteiger partial charge >= 0.3 is 18.4 Å². The molecule has 16 heteroatoms. The van der Waals surface area contributed by atoms with Gasteiger partial charge in [0.2, 0.25) is 5.91 Å². The number of hydrogen-bond acceptors (Lipinski definition) is 9. The van der Waals surface area contributed by atoms with Crippen LogP contribution in [-0.2, 0) is 37.3 Å². The van der Waals surface area contributed by atoms with Gasteiger partial charge in [0.15, 0.2) is 9.84 Å². The van der Waals surface area contributed by atoms with E-state index in [1.54, 1.807) is 25.7 Å². The summed E-state index contributed by atoms with van der Waals surface area (Å²) in [5.74, 6) is -2.71. The maximum absolute atomic E-state index is 13.5. The van der Waals surface area contributed by atoms with Crippen LogP contribution < -0.4 is 15.4 Å². The van der Waals surface area contributed by atoms with Gasteiger partial charge in [-0.15, -0.1) is 13.2 Å². The van der Waals surface area contributed by atoms with Crippen LogP contribution in [0.25, 0.3) is 0 Å². The van der Waals surface area contributed by atoms with Crippen LogP contribution in [0.2, 0.25) is 5.02 Å². The predicted octanol–water partition coefficient (Wildman–Crippen LogP) is 5.45. The summed E-state index contributed by atoms with van der Waals surface area (Å²) < 4.78 is 80.3. The number of halogens is 4. The fraction of sp³-hybridized carbons (Fsp3) is 0.483. The highest BCUT2D eigenvalue weighted by Crippen LogP contribution is 2.34. The quantitative estimate of drug-likeness (QED) is 0.314. The summed E-state index contributed by atoms with van der Waals surface area (Å²) in [7, 11) is -3.73. The van der Waals surface area contributed by atoms with E-state index in [9.17, 15) is 36.0 Å². The molecule has 1 aliphatic heterocycles. The van der Waals surface area contributed by atoms with Crippen LogP contribution in [0.3, 0.4) is 0 Å². The minimum absolute atomic E-state index is 0.00305. The normalized spacial score (nSPS) is 15.8. The molecule has 0 bridgehead atoms. The van der Waals surface area contributed by atoms with Gasteiger partial charge in [0.1, 0.15) is 18.0 Å². The van der Waals surface area contributed by atoms with E-state index >= 15 is 0 Å². The number of nitrogens with zero attached hydrogens (tertiary/aromatic N) is 1. The average molecular weight is 678 g/mol. The van der Waals surface area contributed by atoms with E-state index in [2.05, 4.69) is 15.4 Å². The summed E-state index contributed by atoms with van der Waals surface area (Å²) in [4.78, 5) is 39.0. The fourth-order valence-electron chi connectivity index (χ4n) is 4.58. The minimum Gasteiger partial charge on any atom is -0.457 e. The Labute approximate surface area is 264 Å². The van der Waals surface area contributed by atoms with Gasteiger partial charge in [-0.2, -0.15) is 0 Å². The fourth-order valence-corrected chi connectivity index (χ4v) is 5.88. The number of anilines is 1. The van der Waals surface area contributed by atoms with Crippen LogP contribution in [0.15, 0.2) is 35.2 Å². The van der Waals surface area contributed by atoms with Gasteiger partial charge in [-0.3, -0.25) is 9.69 Å². The average Bonchev–Trinajstić information content (AvgIpc) is 3.32. The summed E-state index contributed by atoms with van der Waals surface area (Å²) in [6.45, 7) is 7.76. The second kappa shape index (κ2) is 14.3. The molecule has 2 amide bonds. The van der Waals surface area contributed by atoms with Gasteiger partial charge in [0.05, 0.1) is 21.9 Å². The van der Waals surface area contributed by atoms with E-state index < -0.39 is 57.7 Å². The van der Waals surface area contributed by atoms with Crippen molar-refractivity contribution < 1.29 is 50.2 Å². The number of rotatable bonds is 10. The van der Waals surface area contributed by atoms with E-state index in [0.29, 0.717) is 13.0 Å². The van der Waals surface area contributed by atoms with Crippen LogP contribution in [0.4, 0.5) is 23.7 Å². The highest BCUT2D eigenvalue weighted by atomic mass is 35.5. The maximum Gasteiger partial charge on any atom is 0.573 e. The van der Waals surface area contributed by atoms with E-state index in [4.69, 9.17) is 21.1 Å². The number of benzene rings is 2. The van der Waals surface area contributed by atoms with E-state index in [-0.39, 0.29) is 51.6 Å². The van der Waals surface area contributed by atoms with Gasteiger partial charge in [0.25, 0.3) is 0 Å². The molecule has 1 atom stereocenters. The van der Waals surface area contributed by atoms with Crippen LogP contribution >= 0.6 is 11.6 Å². The Kier molecular flexibility index (Phi) is 11.4. The largest absolute Gasteiger partial charge is 0.573 e. The number of amides is 2. The van der Waals surface area contributed by atoms with Crippen LogP contribution in [0.1, 0.15) is 62.5 Å². The van der Waals surface area contributed by atoms with Crippen molar-refractivity contribution >= 4 is 45.1 Å². The first kappa shape index (κ1) is 35.9. The van der Waals surface area contributed by atoms with E-state index in [1.807, 2.05) is 0 Å². The number of likely N-dealkylation sites (tertiary alicyclic amines) is 1. The highest BCUT2D eigenvalue weighted by molar-refractivity contribution is 7.91. The summed E-state index contributed by atoms with van der Waals surface area (Å²) in [6, 6.07) is 5.59. The smallest absolute Gasteiger partial charge is 0.457 e. The van der Waals surface area contributed by atoms with Gasteiger partial charge in [-0.1, -0.05) is 18.5 Å². The third-order valence-corrected chi connectivity index (χ3v) is 8.50. The Morgan fingerprint density at radius 1 is 1.09 bits per heavy atom. The van der Waals surface area contributed by atoms with Crippen molar-refractivity contribution in [1.82, 2.24) is 10.2 Å². The van der Waals surface area contributed by atoms with E-state index in [0.717, 1.165) is 13.0 Å². The van der Waals surface area contributed by atoms with E-state index in [1.165, 1.54) is 31.2 Å². The summed E-state index contributed by atoms with van der Waals surface area (Å²) in [5, 5.41) is 5.34. The minimum atomic E-state index is -5.12. The second-order valence-corrected chi connectivity index (χ2v) is 14.0. The van der Waals surface area contributed by atoms with Crippen molar-refractivity contribution in [3.8, 4) is 5.75 Å². The van der Waals surface area contributed by atoms with Crippen molar-refractivity contribution in [2.45, 2.75) is 77.1 Å². The summed E-state index contributed by atoms with van der Waals surface area (Å²) in [5.41, 5.74) is -1.26. The molecule has 3 rings (SSSR count). The first-order valence-electron chi connectivity index (χ1n) is 13.9. The zero-order valence-electron chi connectivity index (χ0n) is 25.3. The molecule has 2 aromatic rings. The summed E-state index contributed by atoms with van der Waals surface area (Å²) in [6.07, 6.45) is -5.25. The molecule has 1 heterocycles. The Morgan fingerprint density at radius 3 is 2.38 bits per heavy atom. The molecule has 11 nitrogen and oxygen atoms in total. The molecule has 0 spiro atoms. The predicted molar refractivity (Wildman–Crippen MR) is 159 cm³/mol. The van der Waals surface area contributed by atoms with Crippen LogP contribution in [0, 0.1) is 0 Å². The molecule has 0 saturated carbocycles. The molecule has 2 aromatic carbocycles.